The molecule has 2 aromatic rings. The average molecular weight is 428 g/mol. The molecule has 1 aromatic heterocycles. The first-order valence-electron chi connectivity index (χ1n) is 10.8. The number of aromatic nitrogens is 1. The van der Waals surface area contributed by atoms with Gasteiger partial charge in [-0.3, -0.25) is 4.79 Å². The maximum absolute atomic E-state index is 13.2. The summed E-state index contributed by atoms with van der Waals surface area (Å²) in [5.74, 6) is 0.391. The Hall–Kier alpha value is -2.67. The second-order valence-corrected chi connectivity index (χ2v) is 8.93. The molecule has 2 aliphatic heterocycles. The predicted molar refractivity (Wildman–Crippen MR) is 117 cm³/mol. The third-order valence-corrected chi connectivity index (χ3v) is 6.95. The number of aliphatic hydroxyl groups is 1. The van der Waals surface area contributed by atoms with Gasteiger partial charge in [-0.2, -0.15) is 0 Å². The fraction of sp³-hybridized carbons (Fsp3) is 0.500. The van der Waals surface area contributed by atoms with Crippen molar-refractivity contribution in [1.82, 2.24) is 10.3 Å². The normalized spacial score (nSPS) is 24.6. The van der Waals surface area contributed by atoms with E-state index in [1.807, 2.05) is 62.1 Å². The highest BCUT2D eigenvalue weighted by molar-refractivity contribution is 5.86. The highest BCUT2D eigenvalue weighted by atomic mass is 19.1. The van der Waals surface area contributed by atoms with E-state index in [-0.39, 0.29) is 24.3 Å². The number of amides is 1. The molecule has 166 valence electrons. The zero-order valence-corrected chi connectivity index (χ0v) is 18.3. The highest BCUT2D eigenvalue weighted by Gasteiger charge is 2.50. The van der Waals surface area contributed by atoms with Crippen molar-refractivity contribution in [2.75, 3.05) is 31.1 Å². The molecule has 0 radical (unpaired) electrons. The summed E-state index contributed by atoms with van der Waals surface area (Å²) in [7, 11) is 0. The van der Waals surface area contributed by atoms with Gasteiger partial charge >= 0.3 is 0 Å². The van der Waals surface area contributed by atoms with Crippen LogP contribution in [0.25, 0.3) is 0 Å². The van der Waals surface area contributed by atoms with E-state index in [0.29, 0.717) is 32.1 Å². The number of nitrogens with one attached hydrogen (secondary N) is 1. The molecular weight excluding hydrogens is 397 g/mol. The lowest BCUT2D eigenvalue weighted by molar-refractivity contribution is -0.129. The number of hydrogen-bond acceptors (Lipinski definition) is 5. The summed E-state index contributed by atoms with van der Waals surface area (Å²) < 4.78 is 19.1. The Morgan fingerprint density at radius 2 is 2.03 bits per heavy atom. The molecule has 0 bridgehead atoms. The van der Waals surface area contributed by atoms with Gasteiger partial charge in [-0.1, -0.05) is 31.2 Å². The van der Waals surface area contributed by atoms with Gasteiger partial charge in [0.2, 0.25) is 11.8 Å². The number of aryl methyl sites for hydroxylation is 1. The van der Waals surface area contributed by atoms with Crippen molar-refractivity contribution in [3.05, 3.63) is 53.2 Å². The molecule has 31 heavy (non-hydrogen) atoms. The fourth-order valence-electron chi connectivity index (χ4n) is 4.53. The maximum atomic E-state index is 13.2. The van der Waals surface area contributed by atoms with Crippen LogP contribution < -0.4 is 15.0 Å². The summed E-state index contributed by atoms with van der Waals surface area (Å²) in [5, 5.41) is 12.6. The quantitative estimate of drug-likeness (QED) is 0.711. The Balaban J connectivity index is 1.42. The second kappa shape index (κ2) is 8.46. The average Bonchev–Trinajstić information content (AvgIpc) is 3.04. The Morgan fingerprint density at radius 3 is 2.68 bits per heavy atom. The Morgan fingerprint density at radius 1 is 1.32 bits per heavy atom. The van der Waals surface area contributed by atoms with Gasteiger partial charge in [0, 0.05) is 36.5 Å². The molecule has 0 saturated carbocycles. The van der Waals surface area contributed by atoms with Crippen LogP contribution in [0.3, 0.4) is 0 Å². The van der Waals surface area contributed by atoms with E-state index in [1.54, 1.807) is 0 Å². The van der Waals surface area contributed by atoms with E-state index in [1.165, 1.54) is 0 Å². The summed E-state index contributed by atoms with van der Waals surface area (Å²) in [6.07, 6.45) is -0.760. The molecule has 1 aromatic carbocycles. The van der Waals surface area contributed by atoms with Gasteiger partial charge in [0.15, 0.2) is 0 Å². The van der Waals surface area contributed by atoms with E-state index in [4.69, 9.17) is 4.74 Å². The number of rotatable bonds is 7. The lowest BCUT2D eigenvalue weighted by Gasteiger charge is -2.36. The van der Waals surface area contributed by atoms with Crippen LogP contribution in [-0.2, 0) is 11.4 Å². The van der Waals surface area contributed by atoms with Crippen molar-refractivity contribution in [3.8, 4) is 5.88 Å². The minimum atomic E-state index is -0.760. The van der Waals surface area contributed by atoms with Crippen LogP contribution in [-0.4, -0.2) is 48.4 Å². The predicted octanol–water partition coefficient (Wildman–Crippen LogP) is 2.98. The van der Waals surface area contributed by atoms with E-state index in [0.717, 1.165) is 22.5 Å². The molecule has 1 unspecified atom stereocenters. The van der Waals surface area contributed by atoms with Gasteiger partial charge in [-0.15, -0.1) is 0 Å². The number of hydrogen-bond donors (Lipinski definition) is 2. The number of anilines is 1. The molecule has 4 rings (SSSR count). The van der Waals surface area contributed by atoms with Crippen LogP contribution >= 0.6 is 0 Å². The van der Waals surface area contributed by atoms with E-state index >= 15 is 0 Å². The molecule has 6 nitrogen and oxygen atoms in total. The first kappa shape index (κ1) is 21.6. The van der Waals surface area contributed by atoms with Crippen LogP contribution in [0.1, 0.15) is 36.6 Å². The number of nitrogens with zero attached hydrogens (tertiary/aromatic N) is 2. The topological polar surface area (TPSA) is 74.7 Å². The molecule has 0 spiro atoms. The molecular formula is C24H30FN3O3. The lowest BCUT2D eigenvalue weighted by atomic mass is 9.68. The van der Waals surface area contributed by atoms with E-state index < -0.39 is 11.6 Å². The summed E-state index contributed by atoms with van der Waals surface area (Å²) >= 11 is 0. The summed E-state index contributed by atoms with van der Waals surface area (Å²) in [6.45, 7) is 7.56. The number of carbonyl (C=O) groups excluding carboxylic acids is 1. The number of carbonyl (C=O) groups is 1. The summed E-state index contributed by atoms with van der Waals surface area (Å²) in [5.41, 5.74) is 3.18. The Labute approximate surface area is 182 Å². The molecule has 0 aliphatic carbocycles. The number of aliphatic hydroxyl groups excluding tert-OH is 1. The Kier molecular flexibility index (Phi) is 5.88. The second-order valence-electron chi connectivity index (χ2n) is 8.93. The van der Waals surface area contributed by atoms with Crippen molar-refractivity contribution in [1.29, 1.82) is 0 Å². The molecule has 3 atom stereocenters. The van der Waals surface area contributed by atoms with Gasteiger partial charge in [-0.25, -0.2) is 9.37 Å². The van der Waals surface area contributed by atoms with Crippen LogP contribution in [0.15, 0.2) is 36.4 Å². The van der Waals surface area contributed by atoms with Gasteiger partial charge < -0.3 is 20.1 Å². The van der Waals surface area contributed by atoms with Gasteiger partial charge in [0.25, 0.3) is 0 Å². The van der Waals surface area contributed by atoms with Gasteiger partial charge in [0.1, 0.15) is 12.8 Å². The number of pyridine rings is 1. The Bertz CT molecular complexity index is 946. The number of benzene rings is 1. The molecule has 3 heterocycles. The fourth-order valence-corrected chi connectivity index (χ4v) is 4.53. The maximum Gasteiger partial charge on any atom is 0.226 e. The summed E-state index contributed by atoms with van der Waals surface area (Å²) in [6, 6.07) is 11.8. The van der Waals surface area contributed by atoms with Crippen LogP contribution in [0.5, 0.6) is 5.88 Å². The minimum Gasteiger partial charge on any atom is -0.473 e. The van der Waals surface area contributed by atoms with E-state index in [9.17, 15) is 14.3 Å². The molecule has 2 fully saturated rings. The molecule has 2 aliphatic rings. The first-order chi connectivity index (χ1) is 14.8. The standard InChI is InChI=1S/C24H30FN3O3/c1-15-8-21(28-11-20(25)12-28)9-22(27-15)31-14-17-4-6-18(7-5-17)16(2)24(3)19(13-29)10-26-23(24)30/h4-9,16,19-20,29H,10-14H2,1-3H3,(H,26,30)/t16?,19-,24-/m1/s1. The van der Waals surface area contributed by atoms with Crippen molar-refractivity contribution in [3.63, 3.8) is 0 Å². The number of ether oxygens (including phenoxy) is 1. The van der Waals surface area contributed by atoms with Crippen LogP contribution in [0, 0.1) is 18.3 Å². The van der Waals surface area contributed by atoms with Crippen molar-refractivity contribution >= 4 is 11.6 Å². The summed E-state index contributed by atoms with van der Waals surface area (Å²) in [4.78, 5) is 18.9. The first-order valence-corrected chi connectivity index (χ1v) is 10.8. The lowest BCUT2D eigenvalue weighted by Crippen LogP contribution is -2.48. The molecule has 1 amide bonds. The van der Waals surface area contributed by atoms with Crippen molar-refractivity contribution < 1.29 is 19.0 Å². The minimum absolute atomic E-state index is 0.00549. The zero-order valence-electron chi connectivity index (χ0n) is 18.3. The van der Waals surface area contributed by atoms with Crippen molar-refractivity contribution in [2.45, 2.75) is 39.5 Å². The zero-order chi connectivity index (χ0) is 22.2. The van der Waals surface area contributed by atoms with Crippen molar-refractivity contribution in [2.24, 2.45) is 11.3 Å². The van der Waals surface area contributed by atoms with Gasteiger partial charge in [-0.05, 0) is 37.0 Å². The number of halogens is 1. The monoisotopic (exact) mass is 427 g/mol. The molecule has 7 heteroatoms. The third kappa shape index (κ3) is 4.11. The third-order valence-electron chi connectivity index (χ3n) is 6.95. The largest absolute Gasteiger partial charge is 0.473 e. The van der Waals surface area contributed by atoms with E-state index in [2.05, 4.69) is 10.3 Å². The van der Waals surface area contributed by atoms with Crippen LogP contribution in [0.2, 0.25) is 0 Å². The van der Waals surface area contributed by atoms with Crippen LogP contribution in [0.4, 0.5) is 10.1 Å². The van der Waals surface area contributed by atoms with Gasteiger partial charge in [0.05, 0.1) is 18.5 Å². The SMILES string of the molecule is Cc1cc(N2CC(F)C2)cc(OCc2ccc(C(C)[C@@]3(C)C(=O)NC[C@@H]3CO)cc2)n1. The molecule has 2 saturated heterocycles. The molecule has 2 N–H and O–H groups in total. The smallest absolute Gasteiger partial charge is 0.226 e. The highest BCUT2D eigenvalue weighted by Crippen LogP contribution is 2.44. The number of alkyl halides is 1.